The highest BCUT2D eigenvalue weighted by molar-refractivity contribution is 7.98. The lowest BCUT2D eigenvalue weighted by atomic mass is 10.4. The molecule has 3 nitrogen and oxygen atoms in total. The number of hydrogen-bond acceptors (Lipinski definition) is 3. The maximum atomic E-state index is 8.80. The van der Waals surface area contributed by atoms with E-state index >= 15 is 0 Å². The van der Waals surface area contributed by atoms with Crippen molar-refractivity contribution < 1.29 is 5.11 Å². The lowest BCUT2D eigenvalue weighted by molar-refractivity contribution is 0.275. The zero-order chi connectivity index (χ0) is 7.68. The van der Waals surface area contributed by atoms with Crippen LogP contribution < -0.4 is 0 Å². The van der Waals surface area contributed by atoms with Crippen LogP contribution in [-0.4, -0.2) is 20.6 Å². The zero-order valence-corrected chi connectivity index (χ0v) is 6.97. The molecule has 0 unspecified atom stereocenters. The second-order valence-electron chi connectivity index (χ2n) is 2.56. The van der Waals surface area contributed by atoms with E-state index in [1.54, 1.807) is 0 Å². The topological polar surface area (TPSA) is 38.0 Å². The summed E-state index contributed by atoms with van der Waals surface area (Å²) >= 11 is 1.92. The van der Waals surface area contributed by atoms with Gasteiger partial charge in [-0.25, -0.2) is 0 Å². The number of nitrogens with zero attached hydrogens (tertiary/aromatic N) is 2. The molecule has 1 aromatic heterocycles. The van der Waals surface area contributed by atoms with Gasteiger partial charge in [-0.3, -0.25) is 4.68 Å². The summed E-state index contributed by atoms with van der Waals surface area (Å²) < 4.78 is 1.99. The van der Waals surface area contributed by atoms with Gasteiger partial charge in [-0.15, -0.1) is 0 Å². The molecule has 0 radical (unpaired) electrons. The van der Waals surface area contributed by atoms with Crippen molar-refractivity contribution in [2.24, 2.45) is 0 Å². The molecule has 1 N–H and O–H groups in total. The maximum Gasteiger partial charge on any atom is 0.0882 e. The first-order valence-corrected chi connectivity index (χ1v) is 4.80. The van der Waals surface area contributed by atoms with Crippen LogP contribution in [0.15, 0.2) is 6.07 Å². The summed E-state index contributed by atoms with van der Waals surface area (Å²) in [6, 6.07) is 1.98. The number of aliphatic hydroxyl groups excluding tert-OH is 1. The van der Waals surface area contributed by atoms with E-state index in [1.165, 1.54) is 5.69 Å². The third kappa shape index (κ3) is 1.28. The Morgan fingerprint density at radius 3 is 3.36 bits per heavy atom. The van der Waals surface area contributed by atoms with Gasteiger partial charge < -0.3 is 5.11 Å². The largest absolute Gasteiger partial charge is 0.390 e. The number of aromatic nitrogens is 2. The summed E-state index contributed by atoms with van der Waals surface area (Å²) in [5.41, 5.74) is 2.04. The minimum atomic E-state index is 0.0602. The summed E-state index contributed by atoms with van der Waals surface area (Å²) in [4.78, 5) is 0. The average Bonchev–Trinajstić information content (AvgIpc) is 2.46. The summed E-state index contributed by atoms with van der Waals surface area (Å²) in [6.07, 6.45) is 0. The Balaban J connectivity index is 2.32. The molecular weight excluding hydrogens is 160 g/mol. The van der Waals surface area contributed by atoms with Gasteiger partial charge in [-0.1, -0.05) is 0 Å². The number of fused-ring (bicyclic) bond motifs is 1. The molecule has 60 valence electrons. The molecule has 0 spiro atoms. The molecule has 11 heavy (non-hydrogen) atoms. The van der Waals surface area contributed by atoms with E-state index in [1.807, 2.05) is 22.5 Å². The van der Waals surface area contributed by atoms with E-state index in [4.69, 9.17) is 5.11 Å². The molecule has 1 aliphatic rings. The fourth-order valence-electron chi connectivity index (χ4n) is 1.23. The van der Waals surface area contributed by atoms with Crippen LogP contribution in [0.3, 0.4) is 0 Å². The van der Waals surface area contributed by atoms with Crippen LogP contribution in [0.2, 0.25) is 0 Å². The van der Waals surface area contributed by atoms with Crippen molar-refractivity contribution in [3.05, 3.63) is 17.5 Å². The lowest BCUT2D eigenvalue weighted by Crippen LogP contribution is -2.11. The van der Waals surface area contributed by atoms with Crippen molar-refractivity contribution in [2.45, 2.75) is 18.9 Å². The standard InChI is InChI=1S/C7H10N2OS/c10-4-6-3-7-5-11-2-1-9(7)8-6/h3,10H,1-2,4-5H2. The highest BCUT2D eigenvalue weighted by Gasteiger charge is 2.10. The van der Waals surface area contributed by atoms with Crippen LogP contribution in [0.5, 0.6) is 0 Å². The molecule has 0 bridgehead atoms. The lowest BCUT2D eigenvalue weighted by Gasteiger charge is -2.11. The van der Waals surface area contributed by atoms with Gasteiger partial charge in [0, 0.05) is 17.2 Å². The average molecular weight is 170 g/mol. The minimum Gasteiger partial charge on any atom is -0.390 e. The van der Waals surface area contributed by atoms with Gasteiger partial charge in [0.05, 0.1) is 18.8 Å². The molecular formula is C7H10N2OS. The molecule has 2 heterocycles. The van der Waals surface area contributed by atoms with Gasteiger partial charge in [-0.05, 0) is 6.07 Å². The second kappa shape index (κ2) is 2.87. The molecule has 0 fully saturated rings. The Kier molecular flexibility index (Phi) is 1.87. The first-order chi connectivity index (χ1) is 5.40. The van der Waals surface area contributed by atoms with Crippen LogP contribution in [0.1, 0.15) is 11.4 Å². The molecule has 0 atom stereocenters. The van der Waals surface area contributed by atoms with Crippen molar-refractivity contribution >= 4 is 11.8 Å². The predicted molar refractivity (Wildman–Crippen MR) is 44.3 cm³/mol. The maximum absolute atomic E-state index is 8.80. The molecule has 2 rings (SSSR count). The summed E-state index contributed by atoms with van der Waals surface area (Å²) in [6.45, 7) is 1.05. The first kappa shape index (κ1) is 7.18. The Hall–Kier alpha value is -0.480. The highest BCUT2D eigenvalue weighted by atomic mass is 32.2. The van der Waals surface area contributed by atoms with E-state index in [2.05, 4.69) is 5.10 Å². The van der Waals surface area contributed by atoms with E-state index in [9.17, 15) is 0 Å². The van der Waals surface area contributed by atoms with Crippen LogP contribution in [0, 0.1) is 0 Å². The van der Waals surface area contributed by atoms with Gasteiger partial charge >= 0.3 is 0 Å². The zero-order valence-electron chi connectivity index (χ0n) is 6.16. The van der Waals surface area contributed by atoms with Crippen molar-refractivity contribution in [1.29, 1.82) is 0 Å². The number of hydrogen-bond donors (Lipinski definition) is 1. The second-order valence-corrected chi connectivity index (χ2v) is 3.67. The number of rotatable bonds is 1. The molecule has 0 saturated carbocycles. The number of aliphatic hydroxyl groups is 1. The predicted octanol–water partition coefficient (Wildman–Crippen LogP) is 0.622. The van der Waals surface area contributed by atoms with Crippen molar-refractivity contribution in [3.63, 3.8) is 0 Å². The summed E-state index contributed by atoms with van der Waals surface area (Å²) in [5.74, 6) is 2.17. The smallest absolute Gasteiger partial charge is 0.0882 e. The fraction of sp³-hybridized carbons (Fsp3) is 0.571. The number of thioether (sulfide) groups is 1. The normalized spacial score (nSPS) is 16.5. The first-order valence-electron chi connectivity index (χ1n) is 3.64. The van der Waals surface area contributed by atoms with Crippen molar-refractivity contribution in [1.82, 2.24) is 9.78 Å². The van der Waals surface area contributed by atoms with Crippen LogP contribution in [0.25, 0.3) is 0 Å². The minimum absolute atomic E-state index is 0.0602. The number of aryl methyl sites for hydroxylation is 1. The van der Waals surface area contributed by atoms with Crippen LogP contribution in [0.4, 0.5) is 0 Å². The van der Waals surface area contributed by atoms with Crippen LogP contribution >= 0.6 is 11.8 Å². The van der Waals surface area contributed by atoms with E-state index in [-0.39, 0.29) is 6.61 Å². The fourth-order valence-corrected chi connectivity index (χ4v) is 2.12. The van der Waals surface area contributed by atoms with Gasteiger partial charge in [0.15, 0.2) is 0 Å². The van der Waals surface area contributed by atoms with E-state index in [0.717, 1.165) is 23.7 Å². The third-order valence-corrected chi connectivity index (χ3v) is 2.74. The van der Waals surface area contributed by atoms with Gasteiger partial charge in [0.2, 0.25) is 0 Å². The molecule has 4 heteroatoms. The monoisotopic (exact) mass is 170 g/mol. The highest BCUT2D eigenvalue weighted by Crippen LogP contribution is 2.19. The molecule has 1 aromatic rings. The SMILES string of the molecule is OCc1cc2n(n1)CCSC2. The summed E-state index contributed by atoms with van der Waals surface area (Å²) in [5, 5.41) is 13.0. The van der Waals surface area contributed by atoms with Crippen LogP contribution in [-0.2, 0) is 18.9 Å². The molecule has 0 amide bonds. The van der Waals surface area contributed by atoms with E-state index in [0.29, 0.717) is 0 Å². The van der Waals surface area contributed by atoms with Crippen molar-refractivity contribution in [2.75, 3.05) is 5.75 Å². The summed E-state index contributed by atoms with van der Waals surface area (Å²) in [7, 11) is 0. The Bertz CT molecular complexity index is 235. The molecule has 0 saturated heterocycles. The van der Waals surface area contributed by atoms with Gasteiger partial charge in [-0.2, -0.15) is 16.9 Å². The van der Waals surface area contributed by atoms with Gasteiger partial charge in [0.1, 0.15) is 0 Å². The Labute approximate surface area is 69.4 Å². The van der Waals surface area contributed by atoms with E-state index < -0.39 is 0 Å². The molecule has 1 aliphatic heterocycles. The Morgan fingerprint density at radius 1 is 1.73 bits per heavy atom. The Morgan fingerprint density at radius 2 is 2.64 bits per heavy atom. The quantitative estimate of drug-likeness (QED) is 0.671. The van der Waals surface area contributed by atoms with Crippen molar-refractivity contribution in [3.8, 4) is 0 Å². The van der Waals surface area contributed by atoms with Gasteiger partial charge in [0.25, 0.3) is 0 Å². The molecule has 0 aromatic carbocycles. The third-order valence-electron chi connectivity index (χ3n) is 1.77. The molecule has 0 aliphatic carbocycles.